The Bertz CT molecular complexity index is 722. The van der Waals surface area contributed by atoms with Crippen molar-refractivity contribution >= 4 is 39.7 Å². The summed E-state index contributed by atoms with van der Waals surface area (Å²) in [5.74, 6) is -2.14. The number of hydrogen-bond donors (Lipinski definition) is 2. The number of aryl methyl sites for hydroxylation is 1. The zero-order valence-corrected chi connectivity index (χ0v) is 14.4. The zero-order valence-electron chi connectivity index (χ0n) is 12.7. The number of nitrogens with one attached hydrogen (secondary N) is 1. The van der Waals surface area contributed by atoms with Crippen LogP contribution in [0.5, 0.6) is 0 Å². The maximum atomic E-state index is 12.4. The van der Waals surface area contributed by atoms with Crippen LogP contribution >= 0.6 is 22.7 Å². The number of amides is 1. The molecule has 5 nitrogen and oxygen atoms in total. The standard InChI is InChI=1S/C16H18N2O3S2/c1-9-6-7-13(23-9)12-8-22-16(17-12)18-14(19)10-4-2-3-5-11(10)15(20)21/h6-8,10-11H,2-5H2,1H3,(H,20,21)(H,17,18,19)/t10-,11+/m1/s1. The van der Waals surface area contributed by atoms with E-state index in [0.717, 1.165) is 23.4 Å². The van der Waals surface area contributed by atoms with Crippen LogP contribution in [0, 0.1) is 18.8 Å². The van der Waals surface area contributed by atoms with E-state index >= 15 is 0 Å². The highest BCUT2D eigenvalue weighted by Gasteiger charge is 2.35. The third-order valence-electron chi connectivity index (χ3n) is 4.15. The normalized spacial score (nSPS) is 21.1. The maximum Gasteiger partial charge on any atom is 0.307 e. The highest BCUT2D eigenvalue weighted by molar-refractivity contribution is 7.17. The minimum Gasteiger partial charge on any atom is -0.481 e. The highest BCUT2D eigenvalue weighted by atomic mass is 32.1. The van der Waals surface area contributed by atoms with Crippen molar-refractivity contribution in [1.29, 1.82) is 0 Å². The van der Waals surface area contributed by atoms with Gasteiger partial charge in [0.25, 0.3) is 0 Å². The number of anilines is 1. The fourth-order valence-corrected chi connectivity index (χ4v) is 4.57. The largest absolute Gasteiger partial charge is 0.481 e. The number of carbonyl (C=O) groups excluding carboxylic acids is 1. The number of thiophene rings is 1. The van der Waals surface area contributed by atoms with E-state index in [1.807, 2.05) is 24.4 Å². The van der Waals surface area contributed by atoms with Crippen molar-refractivity contribution < 1.29 is 14.7 Å². The molecule has 1 fully saturated rings. The Morgan fingerprint density at radius 3 is 2.65 bits per heavy atom. The minimum absolute atomic E-state index is 0.222. The van der Waals surface area contributed by atoms with Crippen molar-refractivity contribution in [2.24, 2.45) is 11.8 Å². The van der Waals surface area contributed by atoms with Crippen LogP contribution in [0.15, 0.2) is 17.5 Å². The second kappa shape index (κ2) is 6.80. The van der Waals surface area contributed by atoms with Crippen molar-refractivity contribution in [3.63, 3.8) is 0 Å². The Morgan fingerprint density at radius 2 is 2.00 bits per heavy atom. The third-order valence-corrected chi connectivity index (χ3v) is 5.93. The Hall–Kier alpha value is -1.73. The van der Waals surface area contributed by atoms with Gasteiger partial charge in [0.2, 0.25) is 5.91 Å². The van der Waals surface area contributed by atoms with Gasteiger partial charge in [0, 0.05) is 10.3 Å². The number of carbonyl (C=O) groups is 2. The summed E-state index contributed by atoms with van der Waals surface area (Å²) in [6.45, 7) is 2.04. The van der Waals surface area contributed by atoms with Gasteiger partial charge in [0.15, 0.2) is 5.13 Å². The fraction of sp³-hybridized carbons (Fsp3) is 0.438. The molecule has 1 aliphatic rings. The lowest BCUT2D eigenvalue weighted by Gasteiger charge is -2.26. The van der Waals surface area contributed by atoms with Crippen LogP contribution in [-0.4, -0.2) is 22.0 Å². The highest BCUT2D eigenvalue weighted by Crippen LogP contribution is 2.33. The lowest BCUT2D eigenvalue weighted by atomic mass is 9.79. The van der Waals surface area contributed by atoms with Gasteiger partial charge in [0.1, 0.15) is 0 Å². The lowest BCUT2D eigenvalue weighted by Crippen LogP contribution is -2.36. The summed E-state index contributed by atoms with van der Waals surface area (Å²) >= 11 is 3.03. The topological polar surface area (TPSA) is 79.3 Å². The summed E-state index contributed by atoms with van der Waals surface area (Å²) in [5.41, 5.74) is 0.849. The van der Waals surface area contributed by atoms with Crippen LogP contribution < -0.4 is 5.32 Å². The minimum atomic E-state index is -0.876. The molecule has 1 saturated carbocycles. The molecule has 23 heavy (non-hydrogen) atoms. The molecule has 3 rings (SSSR count). The fourth-order valence-electron chi connectivity index (χ4n) is 2.95. The first-order valence-corrected chi connectivity index (χ1v) is 9.30. The molecule has 0 saturated heterocycles. The molecule has 7 heteroatoms. The van der Waals surface area contributed by atoms with Gasteiger partial charge in [-0.1, -0.05) is 12.8 Å². The van der Waals surface area contributed by atoms with Gasteiger partial charge < -0.3 is 10.4 Å². The molecule has 2 aromatic heterocycles. The van der Waals surface area contributed by atoms with Crippen LogP contribution in [0.1, 0.15) is 30.6 Å². The van der Waals surface area contributed by atoms with Gasteiger partial charge in [-0.05, 0) is 31.9 Å². The Balaban J connectivity index is 1.70. The Kier molecular flexibility index (Phi) is 4.77. The van der Waals surface area contributed by atoms with Crippen LogP contribution in [0.25, 0.3) is 10.6 Å². The molecule has 2 aromatic rings. The number of thiazole rings is 1. The third kappa shape index (κ3) is 3.61. The monoisotopic (exact) mass is 350 g/mol. The quantitative estimate of drug-likeness (QED) is 0.873. The molecule has 2 N–H and O–H groups in total. The average molecular weight is 350 g/mol. The molecule has 2 atom stereocenters. The number of hydrogen-bond acceptors (Lipinski definition) is 5. The molecular weight excluding hydrogens is 332 g/mol. The van der Waals surface area contributed by atoms with Gasteiger partial charge >= 0.3 is 5.97 Å². The van der Waals surface area contributed by atoms with Crippen molar-refractivity contribution in [3.8, 4) is 10.6 Å². The van der Waals surface area contributed by atoms with Gasteiger partial charge in [-0.2, -0.15) is 0 Å². The number of carboxylic acids is 1. The van der Waals surface area contributed by atoms with E-state index in [1.54, 1.807) is 11.3 Å². The first-order valence-electron chi connectivity index (χ1n) is 7.60. The number of aromatic nitrogens is 1. The maximum absolute atomic E-state index is 12.4. The van der Waals surface area contributed by atoms with Gasteiger partial charge in [-0.25, -0.2) is 4.98 Å². The van der Waals surface area contributed by atoms with E-state index in [9.17, 15) is 14.7 Å². The van der Waals surface area contributed by atoms with E-state index in [4.69, 9.17) is 0 Å². The summed E-state index contributed by atoms with van der Waals surface area (Å²) < 4.78 is 0. The van der Waals surface area contributed by atoms with E-state index < -0.39 is 17.8 Å². The Morgan fingerprint density at radius 1 is 1.26 bits per heavy atom. The van der Waals surface area contributed by atoms with E-state index in [-0.39, 0.29) is 5.91 Å². The predicted octanol–water partition coefficient (Wildman–Crippen LogP) is 4.01. The predicted molar refractivity (Wildman–Crippen MR) is 91.9 cm³/mol. The lowest BCUT2D eigenvalue weighted by molar-refractivity contribution is -0.147. The Labute approximate surface area is 142 Å². The van der Waals surface area contributed by atoms with Crippen molar-refractivity contribution in [1.82, 2.24) is 4.98 Å². The zero-order chi connectivity index (χ0) is 16.4. The molecule has 0 radical (unpaired) electrons. The summed E-state index contributed by atoms with van der Waals surface area (Å²) in [5, 5.41) is 14.5. The molecule has 0 aromatic carbocycles. The molecule has 0 bridgehead atoms. The van der Waals surface area contributed by atoms with Crippen molar-refractivity contribution in [2.75, 3.05) is 5.32 Å². The van der Waals surface area contributed by atoms with Gasteiger partial charge in [-0.15, -0.1) is 22.7 Å². The van der Waals surface area contributed by atoms with Crippen molar-refractivity contribution in [2.45, 2.75) is 32.6 Å². The van der Waals surface area contributed by atoms with Crippen LogP contribution in [0.4, 0.5) is 5.13 Å². The molecule has 1 aliphatic carbocycles. The molecule has 0 spiro atoms. The molecule has 1 amide bonds. The summed E-state index contributed by atoms with van der Waals surface area (Å²) in [7, 11) is 0. The van der Waals surface area contributed by atoms with Crippen molar-refractivity contribution in [3.05, 3.63) is 22.4 Å². The van der Waals surface area contributed by atoms with Crippen LogP contribution in [0.3, 0.4) is 0 Å². The average Bonchev–Trinajstić information content (AvgIpc) is 3.16. The number of nitrogens with zero attached hydrogens (tertiary/aromatic N) is 1. The SMILES string of the molecule is Cc1ccc(-c2csc(NC(=O)[C@@H]3CCCC[C@@H]3C(=O)O)n2)s1. The van der Waals surface area contributed by atoms with Crippen LogP contribution in [-0.2, 0) is 9.59 Å². The second-order valence-corrected chi connectivity index (χ2v) is 7.92. The van der Waals surface area contributed by atoms with E-state index in [0.29, 0.717) is 18.0 Å². The summed E-state index contributed by atoms with van der Waals surface area (Å²) in [6, 6.07) is 4.05. The molecular formula is C16H18N2O3S2. The van der Waals surface area contributed by atoms with E-state index in [2.05, 4.69) is 10.3 Å². The second-order valence-electron chi connectivity index (χ2n) is 5.77. The van der Waals surface area contributed by atoms with Gasteiger partial charge in [-0.3, -0.25) is 9.59 Å². The summed E-state index contributed by atoms with van der Waals surface area (Å²) in [6.07, 6.45) is 2.98. The number of rotatable bonds is 4. The first-order chi connectivity index (χ1) is 11.0. The molecule has 2 heterocycles. The summed E-state index contributed by atoms with van der Waals surface area (Å²) in [4.78, 5) is 30.5. The van der Waals surface area contributed by atoms with E-state index in [1.165, 1.54) is 16.2 Å². The molecule has 0 unspecified atom stereocenters. The first kappa shape index (κ1) is 16.1. The van der Waals surface area contributed by atoms with Crippen LogP contribution in [0.2, 0.25) is 0 Å². The number of aliphatic carboxylic acids is 1. The molecule has 0 aliphatic heterocycles. The molecule has 122 valence electrons. The number of carboxylic acid groups (broad SMARTS) is 1. The smallest absolute Gasteiger partial charge is 0.307 e. The van der Waals surface area contributed by atoms with Gasteiger partial charge in [0.05, 0.1) is 22.4 Å².